The molecule has 14 heteroatoms. The Morgan fingerprint density at radius 3 is 2.41 bits per heavy atom. The third-order valence-electron chi connectivity index (χ3n) is 7.19. The smallest absolute Gasteiger partial charge is 0.329 e. The molecule has 0 bridgehead atoms. The molecule has 0 radical (unpaired) electrons. The number of aromatic nitrogens is 8. The lowest BCUT2D eigenvalue weighted by Crippen LogP contribution is -2.47. The molecule has 1 fully saturated rings. The third kappa shape index (κ3) is 5.29. The van der Waals surface area contributed by atoms with Crippen LogP contribution in [0.4, 0.5) is 11.6 Å². The molecule has 0 saturated carbocycles. The lowest BCUT2D eigenvalue weighted by atomic mass is 10.2. The van der Waals surface area contributed by atoms with Crippen LogP contribution < -0.4 is 25.8 Å². The predicted octanol–water partition coefficient (Wildman–Crippen LogP) is 1.92. The van der Waals surface area contributed by atoms with Crippen molar-refractivity contribution < 1.29 is 4.74 Å². The van der Waals surface area contributed by atoms with E-state index in [4.69, 9.17) is 9.72 Å². The zero-order valence-corrected chi connectivity index (χ0v) is 23.6. The van der Waals surface area contributed by atoms with Crippen LogP contribution in [0.3, 0.4) is 0 Å². The number of nitrogens with one attached hydrogen (secondary N) is 1. The predicted molar refractivity (Wildman–Crippen MR) is 158 cm³/mol. The fourth-order valence-electron chi connectivity index (χ4n) is 5.02. The van der Waals surface area contributed by atoms with E-state index in [1.54, 1.807) is 30.6 Å². The first-order chi connectivity index (χ1) is 20.0. The molecule has 5 aromatic rings. The summed E-state index contributed by atoms with van der Waals surface area (Å²) in [6.07, 6.45) is 0.735. The third-order valence-corrected chi connectivity index (χ3v) is 8.19. The zero-order valence-electron chi connectivity index (χ0n) is 22.8. The van der Waals surface area contributed by atoms with Crippen molar-refractivity contribution in [2.24, 2.45) is 7.05 Å². The fraction of sp³-hybridized carbons (Fsp3) is 0.333. The second-order valence-electron chi connectivity index (χ2n) is 9.64. The van der Waals surface area contributed by atoms with Crippen molar-refractivity contribution in [2.75, 3.05) is 48.8 Å². The van der Waals surface area contributed by atoms with E-state index in [9.17, 15) is 9.59 Å². The van der Waals surface area contributed by atoms with Crippen LogP contribution in [0.5, 0.6) is 5.75 Å². The minimum atomic E-state index is -0.480. The fourth-order valence-corrected chi connectivity index (χ4v) is 5.83. The molecule has 4 heterocycles. The lowest BCUT2D eigenvalue weighted by molar-refractivity contribution is 0.415. The number of tetrazole rings is 1. The Kier molecular flexibility index (Phi) is 7.46. The van der Waals surface area contributed by atoms with E-state index >= 15 is 0 Å². The number of para-hydroxylation sites is 1. The normalized spacial score (nSPS) is 13.7. The number of anilines is 2. The van der Waals surface area contributed by atoms with E-state index in [1.165, 1.54) is 4.57 Å². The number of methoxy groups -OCH3 is 1. The van der Waals surface area contributed by atoms with Gasteiger partial charge in [-0.25, -0.2) is 4.79 Å². The second-order valence-corrected chi connectivity index (χ2v) is 10.7. The number of hydrogen-bond acceptors (Lipinski definition) is 10. The van der Waals surface area contributed by atoms with Crippen LogP contribution in [0.2, 0.25) is 0 Å². The van der Waals surface area contributed by atoms with Crippen molar-refractivity contribution in [3.8, 4) is 11.4 Å². The maximum Gasteiger partial charge on any atom is 0.329 e. The molecule has 1 aliphatic heterocycles. The van der Waals surface area contributed by atoms with Crippen molar-refractivity contribution in [3.05, 3.63) is 75.4 Å². The number of imidazole rings is 1. The minimum Gasteiger partial charge on any atom is -0.497 e. The van der Waals surface area contributed by atoms with Gasteiger partial charge in [0.25, 0.3) is 5.56 Å². The molecule has 1 aliphatic rings. The Labute approximate surface area is 239 Å². The molecule has 3 aromatic heterocycles. The number of aryl methyl sites for hydroxylation is 2. The average Bonchev–Trinajstić information content (AvgIpc) is 3.64. The summed E-state index contributed by atoms with van der Waals surface area (Å²) in [6, 6.07) is 17.8. The van der Waals surface area contributed by atoms with E-state index in [1.807, 2.05) is 47.0 Å². The first-order valence-electron chi connectivity index (χ1n) is 13.3. The molecule has 1 N–H and O–H groups in total. The van der Waals surface area contributed by atoms with Crippen LogP contribution in [0.1, 0.15) is 6.42 Å². The van der Waals surface area contributed by atoms with Crippen molar-refractivity contribution >= 4 is 34.6 Å². The summed E-state index contributed by atoms with van der Waals surface area (Å²) in [7, 11) is 3.29. The summed E-state index contributed by atoms with van der Waals surface area (Å²) in [5.74, 6) is 2.24. The van der Waals surface area contributed by atoms with Crippen LogP contribution in [0.25, 0.3) is 16.9 Å². The van der Waals surface area contributed by atoms with E-state index in [-0.39, 0.29) is 0 Å². The van der Waals surface area contributed by atoms with Crippen LogP contribution in [0.15, 0.2) is 69.3 Å². The maximum absolute atomic E-state index is 13.0. The summed E-state index contributed by atoms with van der Waals surface area (Å²) in [4.78, 5) is 37.1. The summed E-state index contributed by atoms with van der Waals surface area (Å²) in [5, 5.41) is 12.8. The van der Waals surface area contributed by atoms with E-state index in [2.05, 4.69) is 42.4 Å². The quantitative estimate of drug-likeness (QED) is 0.206. The SMILES string of the molecule is COc1ccc(N2CCN(c3nc4c(c(=O)[nH]c(=O)n4C)n3CCCSc3nnnn3-c3ccccc3)CC2)cc1. The van der Waals surface area contributed by atoms with Gasteiger partial charge in [0.1, 0.15) is 5.75 Å². The Balaban J connectivity index is 1.20. The molecule has 0 amide bonds. The van der Waals surface area contributed by atoms with Gasteiger partial charge in [-0.15, -0.1) is 5.10 Å². The van der Waals surface area contributed by atoms with Gasteiger partial charge in [0, 0.05) is 51.2 Å². The highest BCUT2D eigenvalue weighted by molar-refractivity contribution is 7.99. The van der Waals surface area contributed by atoms with E-state index in [0.29, 0.717) is 28.8 Å². The van der Waals surface area contributed by atoms with Crippen molar-refractivity contribution in [1.29, 1.82) is 0 Å². The number of H-pyrrole nitrogens is 1. The second kappa shape index (κ2) is 11.5. The highest BCUT2D eigenvalue weighted by Crippen LogP contribution is 2.26. The summed E-state index contributed by atoms with van der Waals surface area (Å²) < 4.78 is 10.3. The molecule has 212 valence electrons. The Hall–Kier alpha value is -4.59. The molecule has 0 spiro atoms. The molecule has 1 saturated heterocycles. The van der Waals surface area contributed by atoms with Gasteiger partial charge in [0.15, 0.2) is 11.2 Å². The number of ether oxygens (including phenoxy) is 1. The maximum atomic E-state index is 13.0. The van der Waals surface area contributed by atoms with Gasteiger partial charge in [-0.2, -0.15) is 9.67 Å². The monoisotopic (exact) mass is 574 g/mol. The van der Waals surface area contributed by atoms with Crippen LogP contribution in [-0.2, 0) is 13.6 Å². The summed E-state index contributed by atoms with van der Waals surface area (Å²) in [6.45, 7) is 3.58. The summed E-state index contributed by atoms with van der Waals surface area (Å²) in [5.41, 5.74) is 1.90. The number of thioether (sulfide) groups is 1. The Morgan fingerprint density at radius 1 is 0.951 bits per heavy atom. The first kappa shape index (κ1) is 26.6. The molecule has 13 nitrogen and oxygen atoms in total. The molecular weight excluding hydrogens is 544 g/mol. The molecular formula is C27H30N10O3S. The van der Waals surface area contributed by atoms with Crippen molar-refractivity contribution in [3.63, 3.8) is 0 Å². The van der Waals surface area contributed by atoms with Gasteiger partial charge >= 0.3 is 5.69 Å². The average molecular weight is 575 g/mol. The highest BCUT2D eigenvalue weighted by atomic mass is 32.2. The van der Waals surface area contributed by atoms with Crippen molar-refractivity contribution in [1.82, 2.24) is 39.3 Å². The first-order valence-corrected chi connectivity index (χ1v) is 14.3. The Bertz CT molecular complexity index is 1750. The number of fused-ring (bicyclic) bond motifs is 1. The zero-order chi connectivity index (χ0) is 28.3. The lowest BCUT2D eigenvalue weighted by Gasteiger charge is -2.36. The molecule has 0 atom stereocenters. The standard InChI is InChI=1S/C27H30N10O3S/c1-33-23-22(24(38)29-26(33)39)36(13-6-18-41-27-30-31-32-37(27)20-7-4-3-5-8-20)25(28-23)35-16-14-34(15-17-35)19-9-11-21(40-2)12-10-19/h3-5,7-12H,6,13-18H2,1-2H3,(H,29,38,39). The number of benzene rings is 2. The van der Waals surface area contributed by atoms with Gasteiger partial charge in [-0.05, 0) is 53.2 Å². The van der Waals surface area contributed by atoms with Gasteiger partial charge in [-0.3, -0.25) is 14.3 Å². The molecule has 2 aromatic carbocycles. The molecule has 0 aliphatic carbocycles. The van der Waals surface area contributed by atoms with Crippen LogP contribution >= 0.6 is 11.8 Å². The summed E-state index contributed by atoms with van der Waals surface area (Å²) >= 11 is 1.55. The number of piperazine rings is 1. The van der Waals surface area contributed by atoms with Gasteiger partial charge in [0.05, 0.1) is 12.8 Å². The molecule has 6 rings (SSSR count). The number of hydrogen-bond donors (Lipinski definition) is 1. The number of rotatable bonds is 9. The van der Waals surface area contributed by atoms with Gasteiger partial charge in [-0.1, -0.05) is 30.0 Å². The van der Waals surface area contributed by atoms with Crippen LogP contribution in [-0.4, -0.2) is 78.4 Å². The minimum absolute atomic E-state index is 0.381. The number of aromatic amines is 1. The number of nitrogens with zero attached hydrogens (tertiary/aromatic N) is 9. The molecule has 0 unspecified atom stereocenters. The van der Waals surface area contributed by atoms with Gasteiger partial charge < -0.3 is 19.1 Å². The Morgan fingerprint density at radius 2 is 1.68 bits per heavy atom. The van der Waals surface area contributed by atoms with Crippen LogP contribution in [0, 0.1) is 0 Å². The van der Waals surface area contributed by atoms with E-state index in [0.717, 1.165) is 55.5 Å². The largest absolute Gasteiger partial charge is 0.497 e. The topological polar surface area (TPSA) is 132 Å². The highest BCUT2D eigenvalue weighted by Gasteiger charge is 2.25. The van der Waals surface area contributed by atoms with Crippen molar-refractivity contribution in [2.45, 2.75) is 18.1 Å². The van der Waals surface area contributed by atoms with E-state index < -0.39 is 11.2 Å². The molecule has 41 heavy (non-hydrogen) atoms. The van der Waals surface area contributed by atoms with Gasteiger partial charge in [0.2, 0.25) is 11.1 Å².